The van der Waals surface area contributed by atoms with E-state index < -0.39 is 0 Å². The normalized spacial score (nSPS) is 19.6. The maximum Gasteiger partial charge on any atom is 0.223 e. The second kappa shape index (κ2) is 9.48. The summed E-state index contributed by atoms with van der Waals surface area (Å²) in [5, 5.41) is 12.5. The number of rotatable bonds is 6. The highest BCUT2D eigenvalue weighted by atomic mass is 16.5. The number of ether oxygens (including phenoxy) is 1. The molecule has 2 aliphatic rings. The fourth-order valence-corrected chi connectivity index (χ4v) is 4.99. The average Bonchev–Trinajstić information content (AvgIpc) is 3.52. The SMILES string of the molecule is c1ccc(CN2CC[C@H](c3nnc4cc(-c5ccnc(NC6CCOCC6)n5)ccn34)C2)cc1. The van der Waals surface area contributed by atoms with E-state index in [2.05, 4.69) is 78.5 Å². The minimum absolute atomic E-state index is 0.360. The van der Waals surface area contributed by atoms with Crippen LogP contribution in [0.25, 0.3) is 16.9 Å². The third-order valence-corrected chi connectivity index (χ3v) is 6.83. The standard InChI is InChI=1S/C26H29N7O/c1-2-4-19(5-3-1)17-32-12-7-21(18-32)25-31-30-24-16-20(8-13-33(24)25)23-6-11-27-26(29-23)28-22-9-14-34-15-10-22/h1-6,8,11,13,16,21-22H,7,9-10,12,14-15,17-18H2,(H,27,28,29)/t21-/m0/s1. The number of pyridine rings is 1. The van der Waals surface area contributed by atoms with E-state index in [1.165, 1.54) is 5.56 Å². The van der Waals surface area contributed by atoms with Crippen molar-refractivity contribution in [1.29, 1.82) is 0 Å². The highest BCUT2D eigenvalue weighted by Gasteiger charge is 2.27. The molecule has 2 aliphatic heterocycles. The molecule has 0 saturated carbocycles. The number of nitrogens with zero attached hydrogens (tertiary/aromatic N) is 6. The summed E-state index contributed by atoms with van der Waals surface area (Å²) < 4.78 is 7.57. The molecule has 0 aliphatic carbocycles. The number of benzene rings is 1. The molecule has 174 valence electrons. The van der Waals surface area contributed by atoms with Crippen LogP contribution in [-0.4, -0.2) is 61.8 Å². The van der Waals surface area contributed by atoms with Crippen LogP contribution < -0.4 is 5.32 Å². The van der Waals surface area contributed by atoms with Gasteiger partial charge in [0, 0.05) is 56.2 Å². The Morgan fingerprint density at radius 3 is 2.76 bits per heavy atom. The first-order valence-corrected chi connectivity index (χ1v) is 12.1. The van der Waals surface area contributed by atoms with Crippen LogP contribution in [0.1, 0.15) is 36.6 Å². The van der Waals surface area contributed by atoms with Gasteiger partial charge in [-0.3, -0.25) is 9.30 Å². The number of hydrogen-bond acceptors (Lipinski definition) is 7. The van der Waals surface area contributed by atoms with E-state index >= 15 is 0 Å². The first-order valence-electron chi connectivity index (χ1n) is 12.1. The lowest BCUT2D eigenvalue weighted by atomic mass is 10.1. The molecule has 0 amide bonds. The van der Waals surface area contributed by atoms with Crippen molar-refractivity contribution in [2.24, 2.45) is 0 Å². The summed E-state index contributed by atoms with van der Waals surface area (Å²) in [4.78, 5) is 11.7. The highest BCUT2D eigenvalue weighted by molar-refractivity contribution is 5.64. The van der Waals surface area contributed by atoms with Gasteiger partial charge in [0.05, 0.1) is 5.69 Å². The molecule has 4 aromatic rings. The number of aromatic nitrogens is 5. The Balaban J connectivity index is 1.17. The van der Waals surface area contributed by atoms with Crippen molar-refractivity contribution in [2.45, 2.75) is 37.8 Å². The largest absolute Gasteiger partial charge is 0.381 e. The molecule has 1 N–H and O–H groups in total. The molecule has 34 heavy (non-hydrogen) atoms. The lowest BCUT2D eigenvalue weighted by molar-refractivity contribution is 0.0903. The summed E-state index contributed by atoms with van der Waals surface area (Å²) in [6.45, 7) is 4.64. The van der Waals surface area contributed by atoms with Crippen LogP contribution in [-0.2, 0) is 11.3 Å². The Labute approximate surface area is 199 Å². The molecular formula is C26H29N7O. The number of fused-ring (bicyclic) bond motifs is 1. The van der Waals surface area contributed by atoms with Gasteiger partial charge in [-0.05, 0) is 49.6 Å². The van der Waals surface area contributed by atoms with E-state index in [0.717, 1.165) is 74.8 Å². The molecule has 0 radical (unpaired) electrons. The number of hydrogen-bond donors (Lipinski definition) is 1. The summed E-state index contributed by atoms with van der Waals surface area (Å²) in [5.74, 6) is 2.09. The predicted molar refractivity (Wildman–Crippen MR) is 131 cm³/mol. The Bertz CT molecular complexity index is 1250. The molecule has 2 saturated heterocycles. The van der Waals surface area contributed by atoms with Crippen molar-refractivity contribution < 1.29 is 4.74 Å². The molecule has 2 fully saturated rings. The monoisotopic (exact) mass is 455 g/mol. The minimum atomic E-state index is 0.360. The lowest BCUT2D eigenvalue weighted by Gasteiger charge is -2.23. The molecule has 8 nitrogen and oxygen atoms in total. The molecule has 3 aromatic heterocycles. The predicted octanol–water partition coefficient (Wildman–Crippen LogP) is 3.77. The zero-order chi connectivity index (χ0) is 22.7. The Hall–Kier alpha value is -3.36. The van der Waals surface area contributed by atoms with Crippen LogP contribution in [0.5, 0.6) is 0 Å². The zero-order valence-corrected chi connectivity index (χ0v) is 19.2. The van der Waals surface area contributed by atoms with Gasteiger partial charge in [0.2, 0.25) is 5.95 Å². The lowest BCUT2D eigenvalue weighted by Crippen LogP contribution is -2.28. The van der Waals surface area contributed by atoms with E-state index in [-0.39, 0.29) is 0 Å². The van der Waals surface area contributed by atoms with Crippen LogP contribution in [0, 0.1) is 0 Å². The van der Waals surface area contributed by atoms with Crippen molar-refractivity contribution in [3.63, 3.8) is 0 Å². The molecular weight excluding hydrogens is 426 g/mol. The fraction of sp³-hybridized carbons (Fsp3) is 0.385. The van der Waals surface area contributed by atoms with Gasteiger partial charge in [-0.25, -0.2) is 9.97 Å². The Morgan fingerprint density at radius 2 is 1.88 bits per heavy atom. The smallest absolute Gasteiger partial charge is 0.223 e. The highest BCUT2D eigenvalue weighted by Crippen LogP contribution is 2.28. The van der Waals surface area contributed by atoms with Crippen LogP contribution in [0.15, 0.2) is 60.9 Å². The summed E-state index contributed by atoms with van der Waals surface area (Å²) in [5.41, 5.74) is 4.11. The van der Waals surface area contributed by atoms with Crippen molar-refractivity contribution in [1.82, 2.24) is 29.5 Å². The first-order chi connectivity index (χ1) is 16.8. The maximum atomic E-state index is 5.44. The van der Waals surface area contributed by atoms with Gasteiger partial charge in [-0.15, -0.1) is 10.2 Å². The van der Waals surface area contributed by atoms with Crippen LogP contribution in [0.3, 0.4) is 0 Å². The Kier molecular flexibility index (Phi) is 5.91. The summed E-state index contributed by atoms with van der Waals surface area (Å²) >= 11 is 0. The van der Waals surface area contributed by atoms with Crippen LogP contribution in [0.2, 0.25) is 0 Å². The minimum Gasteiger partial charge on any atom is -0.381 e. The third-order valence-electron chi connectivity index (χ3n) is 6.83. The summed E-state index contributed by atoms with van der Waals surface area (Å²) in [7, 11) is 0. The van der Waals surface area contributed by atoms with Crippen LogP contribution in [0.4, 0.5) is 5.95 Å². The molecule has 1 aromatic carbocycles. The molecule has 8 heteroatoms. The van der Waals surface area contributed by atoms with Gasteiger partial charge in [-0.1, -0.05) is 30.3 Å². The third kappa shape index (κ3) is 4.51. The van der Waals surface area contributed by atoms with Gasteiger partial charge in [-0.2, -0.15) is 0 Å². The molecule has 0 bridgehead atoms. The van der Waals surface area contributed by atoms with Crippen LogP contribution >= 0.6 is 0 Å². The van der Waals surface area contributed by atoms with E-state index in [9.17, 15) is 0 Å². The van der Waals surface area contributed by atoms with Gasteiger partial charge < -0.3 is 10.1 Å². The van der Waals surface area contributed by atoms with Gasteiger partial charge >= 0.3 is 0 Å². The van der Waals surface area contributed by atoms with E-state index in [1.54, 1.807) is 0 Å². The molecule has 0 unspecified atom stereocenters. The van der Waals surface area contributed by atoms with E-state index in [1.807, 2.05) is 12.3 Å². The second-order valence-electron chi connectivity index (χ2n) is 9.20. The summed E-state index contributed by atoms with van der Waals surface area (Å²) in [6, 6.07) is 17.1. The van der Waals surface area contributed by atoms with Gasteiger partial charge in [0.15, 0.2) is 5.65 Å². The number of anilines is 1. The second-order valence-corrected chi connectivity index (χ2v) is 9.20. The number of nitrogens with one attached hydrogen (secondary N) is 1. The van der Waals surface area contributed by atoms with E-state index in [0.29, 0.717) is 17.9 Å². The quantitative estimate of drug-likeness (QED) is 0.474. The topological polar surface area (TPSA) is 80.5 Å². The van der Waals surface area contributed by atoms with E-state index in [4.69, 9.17) is 9.72 Å². The summed E-state index contributed by atoms with van der Waals surface area (Å²) in [6.07, 6.45) is 6.94. The molecule has 0 spiro atoms. The van der Waals surface area contributed by atoms with Gasteiger partial charge in [0.25, 0.3) is 0 Å². The van der Waals surface area contributed by atoms with Crippen molar-refractivity contribution in [2.75, 3.05) is 31.6 Å². The fourth-order valence-electron chi connectivity index (χ4n) is 4.99. The molecule has 1 atom stereocenters. The molecule has 5 heterocycles. The Morgan fingerprint density at radius 1 is 1.00 bits per heavy atom. The molecule has 6 rings (SSSR count). The van der Waals surface area contributed by atoms with Crippen molar-refractivity contribution in [3.8, 4) is 11.3 Å². The van der Waals surface area contributed by atoms with Crippen molar-refractivity contribution in [3.05, 3.63) is 72.3 Å². The number of likely N-dealkylation sites (tertiary alicyclic amines) is 1. The zero-order valence-electron chi connectivity index (χ0n) is 19.2. The maximum absolute atomic E-state index is 5.44. The van der Waals surface area contributed by atoms with Crippen molar-refractivity contribution >= 4 is 11.6 Å². The first kappa shape index (κ1) is 21.2. The van der Waals surface area contributed by atoms with Gasteiger partial charge in [0.1, 0.15) is 5.82 Å². The average molecular weight is 456 g/mol.